The highest BCUT2D eigenvalue weighted by molar-refractivity contribution is 6.21. The molecule has 2 aromatic carbocycles. The van der Waals surface area contributed by atoms with Gasteiger partial charge in [-0.2, -0.15) is 0 Å². The van der Waals surface area contributed by atoms with Crippen LogP contribution in [0.1, 0.15) is 62.2 Å². The summed E-state index contributed by atoms with van der Waals surface area (Å²) in [4.78, 5) is 47.1. The summed E-state index contributed by atoms with van der Waals surface area (Å²) in [5.41, 5.74) is -2.35. The number of hydrogen-bond acceptors (Lipinski definition) is 5. The zero-order valence-electron chi connectivity index (χ0n) is 14.2. The molecule has 0 fully saturated rings. The number of esters is 1. The molecular formula is C18H16O8. The summed E-state index contributed by atoms with van der Waals surface area (Å²) in [6.45, 7) is 4.83. The Morgan fingerprint density at radius 2 is 1.00 bits per heavy atom. The van der Waals surface area contributed by atoms with Crippen molar-refractivity contribution in [3.05, 3.63) is 46.5 Å². The van der Waals surface area contributed by atoms with E-state index in [2.05, 4.69) is 0 Å². The van der Waals surface area contributed by atoms with Crippen molar-refractivity contribution in [2.24, 2.45) is 0 Å². The van der Waals surface area contributed by atoms with Gasteiger partial charge in [0.1, 0.15) is 5.60 Å². The van der Waals surface area contributed by atoms with Gasteiger partial charge >= 0.3 is 23.9 Å². The number of ether oxygens (including phenoxy) is 1. The fourth-order valence-corrected chi connectivity index (χ4v) is 2.53. The van der Waals surface area contributed by atoms with Gasteiger partial charge in [0.25, 0.3) is 0 Å². The van der Waals surface area contributed by atoms with Crippen LogP contribution in [0.15, 0.2) is 24.3 Å². The Balaban J connectivity index is 3.00. The van der Waals surface area contributed by atoms with E-state index in [1.807, 2.05) is 0 Å². The maximum atomic E-state index is 12.5. The van der Waals surface area contributed by atoms with Gasteiger partial charge in [-0.1, -0.05) is 0 Å². The van der Waals surface area contributed by atoms with Crippen LogP contribution in [0.3, 0.4) is 0 Å². The monoisotopic (exact) mass is 360 g/mol. The predicted molar refractivity (Wildman–Crippen MR) is 90.0 cm³/mol. The van der Waals surface area contributed by atoms with E-state index in [0.717, 1.165) is 24.3 Å². The summed E-state index contributed by atoms with van der Waals surface area (Å²) in [5, 5.41) is 27.6. The fraction of sp³-hybridized carbons (Fsp3) is 0.222. The maximum Gasteiger partial charge on any atom is 0.339 e. The highest BCUT2D eigenvalue weighted by Crippen LogP contribution is 2.31. The van der Waals surface area contributed by atoms with Crippen LogP contribution in [0.5, 0.6) is 0 Å². The first-order chi connectivity index (χ1) is 11.9. The molecule has 0 unspecified atom stereocenters. The molecule has 3 N–H and O–H groups in total. The first-order valence-corrected chi connectivity index (χ1v) is 7.47. The third-order valence-corrected chi connectivity index (χ3v) is 3.47. The van der Waals surface area contributed by atoms with Crippen molar-refractivity contribution in [1.29, 1.82) is 0 Å². The number of carbonyl (C=O) groups excluding carboxylic acids is 1. The number of carboxylic acids is 3. The number of carbonyl (C=O) groups is 4. The van der Waals surface area contributed by atoms with Crippen molar-refractivity contribution in [2.45, 2.75) is 26.4 Å². The molecule has 0 aliphatic carbocycles. The van der Waals surface area contributed by atoms with Crippen LogP contribution < -0.4 is 0 Å². The van der Waals surface area contributed by atoms with Crippen LogP contribution in [-0.2, 0) is 4.74 Å². The Hall–Kier alpha value is -3.42. The lowest BCUT2D eigenvalue weighted by Crippen LogP contribution is -2.24. The Morgan fingerprint density at radius 3 is 1.31 bits per heavy atom. The molecule has 8 heteroatoms. The third-order valence-electron chi connectivity index (χ3n) is 3.47. The lowest BCUT2D eigenvalue weighted by atomic mass is 9.91. The quantitative estimate of drug-likeness (QED) is 0.708. The minimum Gasteiger partial charge on any atom is -0.478 e. The molecule has 136 valence electrons. The van der Waals surface area contributed by atoms with Gasteiger partial charge in [0.2, 0.25) is 0 Å². The van der Waals surface area contributed by atoms with E-state index in [1.165, 1.54) is 0 Å². The van der Waals surface area contributed by atoms with Crippen molar-refractivity contribution < 1.29 is 39.2 Å². The minimum atomic E-state index is -1.45. The summed E-state index contributed by atoms with van der Waals surface area (Å²) < 4.78 is 5.24. The van der Waals surface area contributed by atoms with Crippen LogP contribution in [0.4, 0.5) is 0 Å². The van der Waals surface area contributed by atoms with E-state index in [0.29, 0.717) is 0 Å². The van der Waals surface area contributed by atoms with Crippen molar-refractivity contribution in [1.82, 2.24) is 0 Å². The highest BCUT2D eigenvalue weighted by atomic mass is 16.6. The normalized spacial score (nSPS) is 11.2. The second-order valence-corrected chi connectivity index (χ2v) is 6.49. The van der Waals surface area contributed by atoms with Crippen molar-refractivity contribution in [3.63, 3.8) is 0 Å². The molecule has 0 saturated carbocycles. The van der Waals surface area contributed by atoms with Crippen molar-refractivity contribution in [3.8, 4) is 0 Å². The maximum absolute atomic E-state index is 12.5. The Labute approximate surface area is 147 Å². The number of carboxylic acid groups (broad SMARTS) is 3. The Morgan fingerprint density at radius 1 is 0.692 bits per heavy atom. The molecule has 0 heterocycles. The van der Waals surface area contributed by atoms with Crippen LogP contribution >= 0.6 is 0 Å². The Kier molecular flexibility index (Phi) is 4.71. The first kappa shape index (κ1) is 18.9. The van der Waals surface area contributed by atoms with Crippen LogP contribution in [0.2, 0.25) is 0 Å². The predicted octanol–water partition coefficient (Wildman–Crippen LogP) is 2.89. The summed E-state index contributed by atoms with van der Waals surface area (Å²) in [6, 6.07) is 4.20. The molecule has 0 radical (unpaired) electrons. The second kappa shape index (κ2) is 6.47. The second-order valence-electron chi connectivity index (χ2n) is 6.49. The van der Waals surface area contributed by atoms with E-state index in [9.17, 15) is 34.5 Å². The number of rotatable bonds is 4. The van der Waals surface area contributed by atoms with E-state index < -0.39 is 46.2 Å². The molecule has 8 nitrogen and oxygen atoms in total. The van der Waals surface area contributed by atoms with Gasteiger partial charge < -0.3 is 20.1 Å². The van der Waals surface area contributed by atoms with Gasteiger partial charge in [-0.25, -0.2) is 19.2 Å². The molecular weight excluding hydrogens is 344 g/mol. The van der Waals surface area contributed by atoms with Crippen molar-refractivity contribution >= 4 is 34.6 Å². The summed E-state index contributed by atoms with van der Waals surface area (Å²) >= 11 is 0. The minimum absolute atomic E-state index is 0.222. The number of hydrogen-bond donors (Lipinski definition) is 3. The summed E-state index contributed by atoms with van der Waals surface area (Å²) in [7, 11) is 0. The van der Waals surface area contributed by atoms with E-state index in [1.54, 1.807) is 20.8 Å². The molecule has 0 aliphatic rings. The molecule has 2 aromatic rings. The lowest BCUT2D eigenvalue weighted by molar-refractivity contribution is 0.00711. The van der Waals surface area contributed by atoms with E-state index in [4.69, 9.17) is 4.74 Å². The molecule has 0 bridgehead atoms. The van der Waals surface area contributed by atoms with Crippen LogP contribution in [0, 0.1) is 0 Å². The van der Waals surface area contributed by atoms with Gasteiger partial charge in [-0.15, -0.1) is 0 Å². The average molecular weight is 360 g/mol. The fourth-order valence-electron chi connectivity index (χ4n) is 2.53. The van der Waals surface area contributed by atoms with Gasteiger partial charge in [0.15, 0.2) is 0 Å². The molecule has 0 atom stereocenters. The topological polar surface area (TPSA) is 138 Å². The number of fused-ring (bicyclic) bond motifs is 1. The van der Waals surface area contributed by atoms with E-state index >= 15 is 0 Å². The van der Waals surface area contributed by atoms with Gasteiger partial charge in [0, 0.05) is 10.8 Å². The van der Waals surface area contributed by atoms with Crippen LogP contribution in [-0.4, -0.2) is 44.8 Å². The van der Waals surface area contributed by atoms with Gasteiger partial charge in [-0.05, 0) is 45.0 Å². The molecule has 0 saturated heterocycles. The third kappa shape index (κ3) is 3.49. The molecule has 0 spiro atoms. The first-order valence-electron chi connectivity index (χ1n) is 7.47. The smallest absolute Gasteiger partial charge is 0.339 e. The SMILES string of the molecule is CC(C)(C)OC(=O)c1ccc(C(=O)O)c2c(C(=O)O)ccc(C(=O)O)c12. The lowest BCUT2D eigenvalue weighted by Gasteiger charge is -2.21. The van der Waals surface area contributed by atoms with Crippen molar-refractivity contribution in [2.75, 3.05) is 0 Å². The number of benzene rings is 2. The highest BCUT2D eigenvalue weighted by Gasteiger charge is 2.27. The van der Waals surface area contributed by atoms with E-state index in [-0.39, 0.29) is 16.3 Å². The standard InChI is InChI=1S/C18H16O8/c1-18(2,3)26-17(25)11-7-6-9(15(21)22)12-8(14(19)20)4-5-10(13(11)12)16(23)24/h4-7H,1-3H3,(H,19,20)(H,21,22)(H,23,24). The summed E-state index contributed by atoms with van der Waals surface area (Å²) in [6.07, 6.45) is 0. The Bertz CT molecular complexity index is 930. The zero-order chi connectivity index (χ0) is 19.8. The molecule has 2 rings (SSSR count). The van der Waals surface area contributed by atoms with Crippen LogP contribution in [0.25, 0.3) is 10.8 Å². The largest absolute Gasteiger partial charge is 0.478 e. The van der Waals surface area contributed by atoms with Gasteiger partial charge in [-0.3, -0.25) is 0 Å². The molecule has 0 aliphatic heterocycles. The molecule has 26 heavy (non-hydrogen) atoms. The molecule has 0 amide bonds. The zero-order valence-corrected chi connectivity index (χ0v) is 14.2. The summed E-state index contributed by atoms with van der Waals surface area (Å²) in [5.74, 6) is -5.21. The number of aromatic carboxylic acids is 3. The molecule has 0 aromatic heterocycles. The van der Waals surface area contributed by atoms with Gasteiger partial charge in [0.05, 0.1) is 22.3 Å². The average Bonchev–Trinajstić information content (AvgIpc) is 2.50.